The predicted octanol–water partition coefficient (Wildman–Crippen LogP) is 2.96. The number of carbonyl (C=O) groups excluding carboxylic acids is 1. The maximum atomic E-state index is 11.7. The van der Waals surface area contributed by atoms with E-state index >= 15 is 0 Å². The van der Waals surface area contributed by atoms with Crippen molar-refractivity contribution >= 4 is 5.78 Å². The monoisotopic (exact) mass is 166 g/mol. The fraction of sp³-hybridized carbons (Fsp3) is 0.727. The van der Waals surface area contributed by atoms with Crippen molar-refractivity contribution in [2.24, 2.45) is 11.3 Å². The van der Waals surface area contributed by atoms with Gasteiger partial charge in [0.2, 0.25) is 0 Å². The van der Waals surface area contributed by atoms with Crippen LogP contribution in [0, 0.1) is 11.3 Å². The lowest BCUT2D eigenvalue weighted by molar-refractivity contribution is -0.132. The second kappa shape index (κ2) is 3.42. The molecule has 1 rings (SSSR count). The summed E-state index contributed by atoms with van der Waals surface area (Å²) < 4.78 is 0. The van der Waals surface area contributed by atoms with E-state index in [4.69, 9.17) is 0 Å². The molecule has 0 aromatic rings. The second-order valence-corrected chi connectivity index (χ2v) is 4.07. The van der Waals surface area contributed by atoms with Crippen LogP contribution in [0.2, 0.25) is 0 Å². The van der Waals surface area contributed by atoms with Gasteiger partial charge < -0.3 is 0 Å². The molecular weight excluding hydrogens is 148 g/mol. The van der Waals surface area contributed by atoms with E-state index in [0.717, 1.165) is 19.3 Å². The maximum Gasteiger partial charge on any atom is 0.139 e. The maximum absolute atomic E-state index is 11.7. The standard InChI is InChI=1S/C11H18O/c1-4-9(2)11(3)8-6-5-7-10(11)12/h4,9H,1,5-8H2,2-3H3. The van der Waals surface area contributed by atoms with Crippen LogP contribution in [0.3, 0.4) is 0 Å². The molecule has 1 fully saturated rings. The van der Waals surface area contributed by atoms with Crippen LogP contribution in [0.4, 0.5) is 0 Å². The Morgan fingerprint density at radius 1 is 1.58 bits per heavy atom. The molecule has 0 aliphatic heterocycles. The highest BCUT2D eigenvalue weighted by Gasteiger charge is 2.38. The smallest absolute Gasteiger partial charge is 0.139 e. The number of Topliss-reactive ketones (excluding diaryl/α,β-unsaturated/α-hetero) is 1. The van der Waals surface area contributed by atoms with Crippen molar-refractivity contribution in [3.05, 3.63) is 12.7 Å². The third-order valence-electron chi connectivity index (χ3n) is 3.35. The van der Waals surface area contributed by atoms with Crippen molar-refractivity contribution in [1.29, 1.82) is 0 Å². The molecule has 0 N–H and O–H groups in total. The summed E-state index contributed by atoms with van der Waals surface area (Å²) in [5.74, 6) is 0.756. The van der Waals surface area contributed by atoms with E-state index in [-0.39, 0.29) is 5.41 Å². The molecule has 0 aromatic heterocycles. The summed E-state index contributed by atoms with van der Waals surface area (Å²) in [5.41, 5.74) is -0.111. The molecule has 12 heavy (non-hydrogen) atoms. The molecule has 0 spiro atoms. The van der Waals surface area contributed by atoms with Crippen LogP contribution in [-0.2, 0) is 4.79 Å². The lowest BCUT2D eigenvalue weighted by Crippen LogP contribution is -2.36. The molecule has 2 atom stereocenters. The summed E-state index contributed by atoms with van der Waals surface area (Å²) in [6.45, 7) is 7.94. The Labute approximate surface area is 74.9 Å². The largest absolute Gasteiger partial charge is 0.299 e. The van der Waals surface area contributed by atoms with E-state index in [1.807, 2.05) is 6.08 Å². The van der Waals surface area contributed by atoms with E-state index in [0.29, 0.717) is 11.7 Å². The Bertz CT molecular complexity index is 195. The summed E-state index contributed by atoms with van der Waals surface area (Å²) >= 11 is 0. The molecule has 1 heteroatoms. The van der Waals surface area contributed by atoms with Crippen LogP contribution in [0.5, 0.6) is 0 Å². The average molecular weight is 166 g/mol. The van der Waals surface area contributed by atoms with Gasteiger partial charge in [-0.1, -0.05) is 26.3 Å². The van der Waals surface area contributed by atoms with Gasteiger partial charge in [-0.2, -0.15) is 0 Å². The lowest BCUT2D eigenvalue weighted by atomic mass is 9.67. The Morgan fingerprint density at radius 3 is 2.75 bits per heavy atom. The summed E-state index contributed by atoms with van der Waals surface area (Å²) in [7, 11) is 0. The highest BCUT2D eigenvalue weighted by molar-refractivity contribution is 5.85. The van der Waals surface area contributed by atoms with Crippen molar-refractivity contribution in [3.8, 4) is 0 Å². The summed E-state index contributed by atoms with van der Waals surface area (Å²) in [6.07, 6.45) is 6.00. The van der Waals surface area contributed by atoms with Crippen molar-refractivity contribution < 1.29 is 4.79 Å². The quantitative estimate of drug-likeness (QED) is 0.576. The molecule has 1 nitrogen and oxygen atoms in total. The zero-order chi connectivity index (χ0) is 9.19. The van der Waals surface area contributed by atoms with Gasteiger partial charge in [0.1, 0.15) is 5.78 Å². The van der Waals surface area contributed by atoms with Crippen LogP contribution in [0.1, 0.15) is 39.5 Å². The number of hydrogen-bond acceptors (Lipinski definition) is 1. The Kier molecular flexibility index (Phi) is 2.71. The molecule has 68 valence electrons. The van der Waals surface area contributed by atoms with Gasteiger partial charge in [-0.3, -0.25) is 4.79 Å². The van der Waals surface area contributed by atoms with Gasteiger partial charge in [0, 0.05) is 11.8 Å². The second-order valence-electron chi connectivity index (χ2n) is 4.07. The van der Waals surface area contributed by atoms with Gasteiger partial charge in [0.15, 0.2) is 0 Å². The summed E-state index contributed by atoms with van der Waals surface area (Å²) in [4.78, 5) is 11.7. The van der Waals surface area contributed by atoms with Gasteiger partial charge in [-0.15, -0.1) is 6.58 Å². The normalized spacial score (nSPS) is 33.0. The molecule has 0 bridgehead atoms. The fourth-order valence-corrected chi connectivity index (χ4v) is 1.94. The van der Waals surface area contributed by atoms with Gasteiger partial charge in [-0.25, -0.2) is 0 Å². The van der Waals surface area contributed by atoms with E-state index in [1.165, 1.54) is 6.42 Å². The molecular formula is C11H18O. The van der Waals surface area contributed by atoms with Crippen molar-refractivity contribution in [2.45, 2.75) is 39.5 Å². The molecule has 0 aromatic carbocycles. The topological polar surface area (TPSA) is 17.1 Å². The molecule has 1 aliphatic rings. The van der Waals surface area contributed by atoms with Crippen molar-refractivity contribution in [1.82, 2.24) is 0 Å². The third-order valence-corrected chi connectivity index (χ3v) is 3.35. The minimum absolute atomic E-state index is 0.111. The van der Waals surface area contributed by atoms with E-state index in [2.05, 4.69) is 20.4 Å². The highest BCUT2D eigenvalue weighted by Crippen LogP contribution is 2.39. The first-order chi connectivity index (χ1) is 5.61. The summed E-state index contributed by atoms with van der Waals surface area (Å²) in [6, 6.07) is 0. The Balaban J connectivity index is 2.78. The van der Waals surface area contributed by atoms with Gasteiger partial charge in [0.25, 0.3) is 0 Å². The fourth-order valence-electron chi connectivity index (χ4n) is 1.94. The Hall–Kier alpha value is -0.590. The minimum Gasteiger partial charge on any atom is -0.299 e. The highest BCUT2D eigenvalue weighted by atomic mass is 16.1. The van der Waals surface area contributed by atoms with Gasteiger partial charge >= 0.3 is 0 Å². The van der Waals surface area contributed by atoms with Crippen LogP contribution < -0.4 is 0 Å². The van der Waals surface area contributed by atoms with Crippen molar-refractivity contribution in [3.63, 3.8) is 0 Å². The van der Waals surface area contributed by atoms with Crippen molar-refractivity contribution in [2.75, 3.05) is 0 Å². The molecule has 1 aliphatic carbocycles. The zero-order valence-electron chi connectivity index (χ0n) is 8.10. The number of rotatable bonds is 2. The zero-order valence-corrected chi connectivity index (χ0v) is 8.10. The van der Waals surface area contributed by atoms with Gasteiger partial charge in [-0.05, 0) is 18.8 Å². The first-order valence-corrected chi connectivity index (χ1v) is 4.77. The van der Waals surface area contributed by atoms with Crippen LogP contribution in [0.25, 0.3) is 0 Å². The molecule has 0 heterocycles. The predicted molar refractivity (Wildman–Crippen MR) is 50.9 cm³/mol. The number of hydrogen-bond donors (Lipinski definition) is 0. The molecule has 0 radical (unpaired) electrons. The van der Waals surface area contributed by atoms with E-state index in [9.17, 15) is 4.79 Å². The average Bonchev–Trinajstić information content (AvgIpc) is 2.09. The van der Waals surface area contributed by atoms with Gasteiger partial charge in [0.05, 0.1) is 0 Å². The van der Waals surface area contributed by atoms with E-state index < -0.39 is 0 Å². The minimum atomic E-state index is -0.111. The molecule has 0 saturated heterocycles. The first-order valence-electron chi connectivity index (χ1n) is 4.77. The first kappa shape index (κ1) is 9.50. The molecule has 0 amide bonds. The Morgan fingerprint density at radius 2 is 2.25 bits per heavy atom. The van der Waals surface area contributed by atoms with Crippen LogP contribution in [-0.4, -0.2) is 5.78 Å². The van der Waals surface area contributed by atoms with Crippen LogP contribution >= 0.6 is 0 Å². The van der Waals surface area contributed by atoms with Crippen LogP contribution in [0.15, 0.2) is 12.7 Å². The molecule has 1 saturated carbocycles. The third kappa shape index (κ3) is 1.45. The summed E-state index contributed by atoms with van der Waals surface area (Å²) in [5, 5.41) is 0. The lowest BCUT2D eigenvalue weighted by Gasteiger charge is -2.35. The SMILES string of the molecule is C=CC(C)C1(C)CCCCC1=O. The number of allylic oxidation sites excluding steroid dienone is 1. The van der Waals surface area contributed by atoms with E-state index in [1.54, 1.807) is 0 Å². The number of ketones is 1. The number of carbonyl (C=O) groups is 1. The molecule has 2 unspecified atom stereocenters.